The second-order valence-electron chi connectivity index (χ2n) is 12.5. The molecule has 0 saturated heterocycles. The van der Waals surface area contributed by atoms with Gasteiger partial charge in [0.25, 0.3) is 0 Å². The first-order valence-corrected chi connectivity index (χ1v) is 16.4. The number of hydrogen-bond acceptors (Lipinski definition) is 2. The third-order valence-corrected chi connectivity index (χ3v) is 10.9. The van der Waals surface area contributed by atoms with E-state index in [1.165, 1.54) is 81.4 Å². The van der Waals surface area contributed by atoms with Crippen molar-refractivity contribution in [2.45, 2.75) is 19.3 Å². The quantitative estimate of drug-likeness (QED) is 0.196. The van der Waals surface area contributed by atoms with Gasteiger partial charge in [-0.15, -0.1) is 11.3 Å². The molecule has 214 valence electrons. The second-order valence-corrected chi connectivity index (χ2v) is 13.6. The minimum Gasteiger partial charge on any atom is -0.309 e. The Morgan fingerprint density at radius 1 is 0.511 bits per heavy atom. The zero-order chi connectivity index (χ0) is 30.1. The van der Waals surface area contributed by atoms with Gasteiger partial charge in [0.2, 0.25) is 0 Å². The highest BCUT2D eigenvalue weighted by Gasteiger charge is 2.38. The number of para-hydroxylation sites is 1. The van der Waals surface area contributed by atoms with Crippen LogP contribution in [0.4, 0.5) is 17.1 Å². The molecule has 0 saturated carbocycles. The van der Waals surface area contributed by atoms with Crippen molar-refractivity contribution in [2.75, 3.05) is 4.90 Å². The summed E-state index contributed by atoms with van der Waals surface area (Å²) < 4.78 is 2.64. The van der Waals surface area contributed by atoms with Crippen molar-refractivity contribution >= 4 is 59.3 Å². The van der Waals surface area contributed by atoms with Crippen molar-refractivity contribution in [2.24, 2.45) is 0 Å². The summed E-state index contributed by atoms with van der Waals surface area (Å²) in [5.41, 5.74) is 11.3. The fourth-order valence-corrected chi connectivity index (χ4v) is 8.82. The molecule has 0 radical (unpaired) electrons. The predicted octanol–water partition coefficient (Wildman–Crippen LogP) is 12.7. The number of fused-ring (bicyclic) bond motifs is 8. The molecule has 9 rings (SSSR count). The van der Waals surface area contributed by atoms with Crippen LogP contribution in [-0.2, 0) is 5.41 Å². The number of thiophene rings is 1. The molecule has 0 atom stereocenters. The first-order chi connectivity index (χ1) is 22.1. The number of benzene rings is 7. The highest BCUT2D eigenvalue weighted by molar-refractivity contribution is 7.26. The summed E-state index contributed by atoms with van der Waals surface area (Å²) in [6.07, 6.45) is 0. The Morgan fingerprint density at radius 2 is 1.16 bits per heavy atom. The van der Waals surface area contributed by atoms with Crippen LogP contribution in [0.1, 0.15) is 25.0 Å². The maximum absolute atomic E-state index is 2.56. The molecule has 0 bridgehead atoms. The van der Waals surface area contributed by atoms with Crippen LogP contribution < -0.4 is 4.90 Å². The molecule has 0 unspecified atom stereocenters. The fourth-order valence-electron chi connectivity index (χ4n) is 7.56. The summed E-state index contributed by atoms with van der Waals surface area (Å²) in [5, 5.41) is 5.16. The molecule has 7 aromatic carbocycles. The van der Waals surface area contributed by atoms with E-state index in [1.54, 1.807) is 0 Å². The molecule has 1 aliphatic carbocycles. The monoisotopic (exact) mass is 593 g/mol. The smallest absolute Gasteiger partial charge is 0.0561 e. The average Bonchev–Trinajstić information content (AvgIpc) is 3.59. The highest BCUT2D eigenvalue weighted by atomic mass is 32.1. The van der Waals surface area contributed by atoms with Crippen molar-refractivity contribution in [3.63, 3.8) is 0 Å². The van der Waals surface area contributed by atoms with Gasteiger partial charge in [-0.3, -0.25) is 0 Å². The Labute approximate surface area is 267 Å². The first-order valence-electron chi connectivity index (χ1n) is 15.6. The molecule has 1 aliphatic rings. The topological polar surface area (TPSA) is 3.24 Å². The lowest BCUT2D eigenvalue weighted by Gasteiger charge is -2.31. The number of hydrogen-bond donors (Lipinski definition) is 0. The largest absolute Gasteiger partial charge is 0.309 e. The Hall–Kier alpha value is -5.18. The summed E-state index contributed by atoms with van der Waals surface area (Å²) >= 11 is 1.90. The zero-order valence-corrected chi connectivity index (χ0v) is 26.1. The summed E-state index contributed by atoms with van der Waals surface area (Å²) in [6.45, 7) is 4.73. The van der Waals surface area contributed by atoms with E-state index in [9.17, 15) is 0 Å². The van der Waals surface area contributed by atoms with Crippen LogP contribution >= 0.6 is 11.3 Å². The molecule has 2 heteroatoms. The molecule has 45 heavy (non-hydrogen) atoms. The van der Waals surface area contributed by atoms with E-state index < -0.39 is 0 Å². The maximum Gasteiger partial charge on any atom is 0.0561 e. The maximum atomic E-state index is 2.56. The third kappa shape index (κ3) is 3.86. The molecular formula is C43H31NS. The van der Waals surface area contributed by atoms with E-state index >= 15 is 0 Å². The van der Waals surface area contributed by atoms with Gasteiger partial charge in [-0.05, 0) is 57.3 Å². The van der Waals surface area contributed by atoms with E-state index in [0.29, 0.717) is 0 Å². The summed E-state index contributed by atoms with van der Waals surface area (Å²) in [5.74, 6) is 0. The molecule has 0 fully saturated rings. The summed E-state index contributed by atoms with van der Waals surface area (Å²) in [7, 11) is 0. The molecule has 0 N–H and O–H groups in total. The van der Waals surface area contributed by atoms with E-state index in [4.69, 9.17) is 0 Å². The van der Waals surface area contributed by atoms with Crippen molar-refractivity contribution in [1.82, 2.24) is 0 Å². The van der Waals surface area contributed by atoms with Gasteiger partial charge >= 0.3 is 0 Å². The third-order valence-electron chi connectivity index (χ3n) is 9.65. The van der Waals surface area contributed by atoms with Gasteiger partial charge in [-0.1, -0.05) is 141 Å². The molecule has 1 heterocycles. The molecule has 8 aromatic rings. The summed E-state index contributed by atoms with van der Waals surface area (Å²) in [6, 6.07) is 55.8. The molecule has 0 aliphatic heterocycles. The standard InChI is InChI=1S/C43H31NS/c1-43(2)34-22-11-8-20-32(34)40-35(43)23-14-25-37(40)44(36-24-12-9-18-30(36)28-15-4-3-5-16-28)38-27-29-17-6-7-19-31(29)42-41(38)33-21-10-13-26-39(33)45-42/h3-27H,1-2H3. The lowest BCUT2D eigenvalue weighted by Crippen LogP contribution is -2.16. The van der Waals surface area contributed by atoms with Crippen molar-refractivity contribution < 1.29 is 0 Å². The van der Waals surface area contributed by atoms with Gasteiger partial charge in [0.1, 0.15) is 0 Å². The van der Waals surface area contributed by atoms with Crippen LogP contribution in [0.15, 0.2) is 152 Å². The van der Waals surface area contributed by atoms with E-state index in [1.807, 2.05) is 11.3 Å². The Morgan fingerprint density at radius 3 is 2.02 bits per heavy atom. The number of anilines is 3. The Balaban J connectivity index is 1.46. The van der Waals surface area contributed by atoms with Crippen molar-refractivity contribution in [3.8, 4) is 22.3 Å². The van der Waals surface area contributed by atoms with Gasteiger partial charge in [-0.2, -0.15) is 0 Å². The van der Waals surface area contributed by atoms with Gasteiger partial charge in [-0.25, -0.2) is 0 Å². The molecule has 1 nitrogen and oxygen atoms in total. The lowest BCUT2D eigenvalue weighted by atomic mass is 9.82. The van der Waals surface area contributed by atoms with Gasteiger partial charge in [0.15, 0.2) is 0 Å². The van der Waals surface area contributed by atoms with E-state index in [-0.39, 0.29) is 5.41 Å². The second kappa shape index (κ2) is 9.92. The SMILES string of the molecule is CC1(C)c2ccccc2-c2c(N(c3ccccc3-c3ccccc3)c3cc4ccccc4c4sc5ccccc5c34)cccc21. The normalized spacial score (nSPS) is 13.3. The van der Waals surface area contributed by atoms with Crippen LogP contribution in [0.5, 0.6) is 0 Å². The van der Waals surface area contributed by atoms with Crippen LogP contribution in [-0.4, -0.2) is 0 Å². The average molecular weight is 594 g/mol. The minimum atomic E-state index is -0.0969. The van der Waals surface area contributed by atoms with Gasteiger partial charge in [0.05, 0.1) is 17.1 Å². The van der Waals surface area contributed by atoms with E-state index in [0.717, 1.165) is 0 Å². The van der Waals surface area contributed by atoms with Gasteiger partial charge < -0.3 is 4.90 Å². The van der Waals surface area contributed by atoms with Crippen LogP contribution in [0.2, 0.25) is 0 Å². The van der Waals surface area contributed by atoms with Gasteiger partial charge in [0, 0.05) is 36.7 Å². The zero-order valence-electron chi connectivity index (χ0n) is 25.3. The fraction of sp³-hybridized carbons (Fsp3) is 0.0698. The molecule has 0 amide bonds. The number of rotatable bonds is 4. The lowest BCUT2D eigenvalue weighted by molar-refractivity contribution is 0.660. The Kier molecular flexibility index (Phi) is 5.78. The van der Waals surface area contributed by atoms with Crippen LogP contribution in [0, 0.1) is 0 Å². The van der Waals surface area contributed by atoms with Crippen LogP contribution in [0.3, 0.4) is 0 Å². The molecule has 0 spiro atoms. The minimum absolute atomic E-state index is 0.0969. The van der Waals surface area contributed by atoms with Crippen LogP contribution in [0.25, 0.3) is 53.2 Å². The van der Waals surface area contributed by atoms with Crippen molar-refractivity contribution in [3.05, 3.63) is 163 Å². The molecule has 1 aromatic heterocycles. The van der Waals surface area contributed by atoms with Crippen molar-refractivity contribution in [1.29, 1.82) is 0 Å². The van der Waals surface area contributed by atoms with E-state index in [2.05, 4.69) is 170 Å². The number of nitrogens with zero attached hydrogens (tertiary/aromatic N) is 1. The Bertz CT molecular complexity index is 2410. The highest BCUT2D eigenvalue weighted by Crippen LogP contribution is 2.56. The first kappa shape index (κ1) is 26.2. The predicted molar refractivity (Wildman–Crippen MR) is 195 cm³/mol. The molecular weight excluding hydrogens is 563 g/mol. The summed E-state index contributed by atoms with van der Waals surface area (Å²) in [4.78, 5) is 2.56.